The lowest BCUT2D eigenvalue weighted by atomic mass is 9.99. The van der Waals surface area contributed by atoms with Crippen molar-refractivity contribution in [2.45, 2.75) is 57.3 Å². The number of likely N-dealkylation sites (tertiary alicyclic amines) is 1. The third kappa shape index (κ3) is 6.74. The molecule has 1 amide bonds. The van der Waals surface area contributed by atoms with Crippen molar-refractivity contribution in [1.29, 1.82) is 0 Å². The number of amidine groups is 1. The van der Waals surface area contributed by atoms with Crippen LogP contribution in [-0.4, -0.2) is 44.4 Å². The van der Waals surface area contributed by atoms with Gasteiger partial charge in [-0.3, -0.25) is 9.59 Å². The van der Waals surface area contributed by atoms with Crippen LogP contribution in [-0.2, 0) is 14.8 Å². The van der Waals surface area contributed by atoms with Crippen LogP contribution in [0.1, 0.15) is 60.0 Å². The molecule has 0 saturated carbocycles. The summed E-state index contributed by atoms with van der Waals surface area (Å²) in [7, 11) is -2.04. The number of sulfonamides is 1. The van der Waals surface area contributed by atoms with Gasteiger partial charge in [0.15, 0.2) is 5.78 Å². The molecule has 33 heavy (non-hydrogen) atoms. The lowest BCUT2D eigenvalue weighted by Gasteiger charge is -2.17. The van der Waals surface area contributed by atoms with Gasteiger partial charge in [0, 0.05) is 44.1 Å². The summed E-state index contributed by atoms with van der Waals surface area (Å²) in [6.07, 6.45) is 3.69. The third-order valence-corrected chi connectivity index (χ3v) is 7.05. The number of rotatable bonds is 7. The fourth-order valence-corrected chi connectivity index (χ4v) is 4.93. The molecule has 7 nitrogen and oxygen atoms in total. The monoisotopic (exact) mass is 469 g/mol. The summed E-state index contributed by atoms with van der Waals surface area (Å²) >= 11 is 0. The average molecular weight is 470 g/mol. The largest absolute Gasteiger partial charge is 0.362 e. The molecule has 0 unspecified atom stereocenters. The Kier molecular flexibility index (Phi) is 8.02. The number of aryl methyl sites for hydroxylation is 2. The summed E-state index contributed by atoms with van der Waals surface area (Å²) in [6.45, 7) is 4.57. The molecule has 0 aliphatic carbocycles. The van der Waals surface area contributed by atoms with Crippen molar-refractivity contribution in [3.8, 4) is 0 Å². The molecule has 176 valence electrons. The number of nitrogens with one attached hydrogen (secondary N) is 1. The van der Waals surface area contributed by atoms with Crippen LogP contribution in [0.2, 0.25) is 0 Å². The van der Waals surface area contributed by atoms with E-state index in [1.807, 2.05) is 44.0 Å². The smallest absolute Gasteiger partial charge is 0.284 e. The first-order chi connectivity index (χ1) is 15.7. The van der Waals surface area contributed by atoms with E-state index in [9.17, 15) is 18.0 Å². The highest BCUT2D eigenvalue weighted by atomic mass is 32.2. The standard InChI is InChI=1S/C25H31N3O4S/c1-18-11-12-19(2)22(16-18)23(29)13-14-25(30)26-20-8-7-9-21(17-20)33(31,32)27-24-10-5-4-6-15-28(24)3/h7-9,11-12,16-17H,4-6,10,13-15H2,1-3H3,(H,26,30). The molecule has 1 N–H and O–H groups in total. The van der Waals surface area contributed by atoms with Gasteiger partial charge in [0.1, 0.15) is 5.84 Å². The quantitative estimate of drug-likeness (QED) is 0.603. The van der Waals surface area contributed by atoms with Gasteiger partial charge in [-0.15, -0.1) is 4.40 Å². The predicted molar refractivity (Wildman–Crippen MR) is 130 cm³/mol. The maximum Gasteiger partial charge on any atom is 0.284 e. The normalized spacial score (nSPS) is 15.8. The minimum atomic E-state index is -3.90. The number of carbonyl (C=O) groups excluding carboxylic acids is 2. The van der Waals surface area contributed by atoms with E-state index in [2.05, 4.69) is 9.71 Å². The van der Waals surface area contributed by atoms with Crippen LogP contribution in [0.25, 0.3) is 0 Å². The van der Waals surface area contributed by atoms with Crippen molar-refractivity contribution in [2.75, 3.05) is 18.9 Å². The zero-order valence-electron chi connectivity index (χ0n) is 19.4. The van der Waals surface area contributed by atoms with E-state index in [1.54, 1.807) is 12.1 Å². The van der Waals surface area contributed by atoms with Crippen molar-refractivity contribution < 1.29 is 18.0 Å². The number of benzene rings is 2. The van der Waals surface area contributed by atoms with E-state index in [-0.39, 0.29) is 29.4 Å². The summed E-state index contributed by atoms with van der Waals surface area (Å²) in [5, 5.41) is 2.70. The molecule has 8 heteroatoms. The van der Waals surface area contributed by atoms with Crippen molar-refractivity contribution in [3.63, 3.8) is 0 Å². The molecule has 1 fully saturated rings. The Hall–Kier alpha value is -3.00. The highest BCUT2D eigenvalue weighted by Crippen LogP contribution is 2.21. The van der Waals surface area contributed by atoms with E-state index >= 15 is 0 Å². The predicted octanol–water partition coefficient (Wildman–Crippen LogP) is 4.50. The maximum atomic E-state index is 12.9. The maximum absolute atomic E-state index is 12.9. The van der Waals surface area contributed by atoms with Crippen LogP contribution < -0.4 is 5.32 Å². The molecular formula is C25H31N3O4S. The molecule has 3 rings (SSSR count). The summed E-state index contributed by atoms with van der Waals surface area (Å²) in [5.74, 6) is 0.121. The topological polar surface area (TPSA) is 95.9 Å². The Labute approximate surface area is 196 Å². The molecule has 0 aromatic heterocycles. The first-order valence-corrected chi connectivity index (χ1v) is 12.6. The zero-order valence-corrected chi connectivity index (χ0v) is 20.2. The molecule has 1 aliphatic rings. The van der Waals surface area contributed by atoms with Gasteiger partial charge in [-0.2, -0.15) is 8.42 Å². The van der Waals surface area contributed by atoms with Crippen LogP contribution >= 0.6 is 0 Å². The minimum absolute atomic E-state index is 0.0102. The van der Waals surface area contributed by atoms with Crippen LogP contribution in [0.3, 0.4) is 0 Å². The van der Waals surface area contributed by atoms with Crippen LogP contribution in [0.4, 0.5) is 5.69 Å². The van der Waals surface area contributed by atoms with E-state index in [4.69, 9.17) is 0 Å². The number of anilines is 1. The number of Topliss-reactive ketones (excluding diaryl/α,β-unsaturated/α-hetero) is 1. The summed E-state index contributed by atoms with van der Waals surface area (Å²) < 4.78 is 29.8. The fraction of sp³-hybridized carbons (Fsp3) is 0.400. The highest BCUT2D eigenvalue weighted by molar-refractivity contribution is 7.90. The van der Waals surface area contributed by atoms with E-state index in [1.165, 1.54) is 12.1 Å². The van der Waals surface area contributed by atoms with Crippen molar-refractivity contribution in [3.05, 3.63) is 59.2 Å². The summed E-state index contributed by atoms with van der Waals surface area (Å²) in [6, 6.07) is 11.7. The first kappa shape index (κ1) is 24.6. The van der Waals surface area contributed by atoms with Crippen LogP contribution in [0.15, 0.2) is 51.8 Å². The Morgan fingerprint density at radius 2 is 1.82 bits per heavy atom. The van der Waals surface area contributed by atoms with Gasteiger partial charge < -0.3 is 10.2 Å². The lowest BCUT2D eigenvalue weighted by molar-refractivity contribution is -0.116. The number of nitrogens with zero attached hydrogens (tertiary/aromatic N) is 2. The Balaban J connectivity index is 1.66. The van der Waals surface area contributed by atoms with Gasteiger partial charge in [-0.25, -0.2) is 0 Å². The fourth-order valence-electron chi connectivity index (χ4n) is 3.79. The first-order valence-electron chi connectivity index (χ1n) is 11.2. The molecule has 2 aromatic rings. The van der Waals surface area contributed by atoms with Gasteiger partial charge in [0.2, 0.25) is 5.91 Å². The van der Waals surface area contributed by atoms with Gasteiger partial charge in [-0.1, -0.05) is 30.2 Å². The number of ketones is 1. The second-order valence-electron chi connectivity index (χ2n) is 8.53. The van der Waals surface area contributed by atoms with E-state index < -0.39 is 10.0 Å². The van der Waals surface area contributed by atoms with Gasteiger partial charge in [0.05, 0.1) is 4.90 Å². The Morgan fingerprint density at radius 1 is 1.03 bits per heavy atom. The molecule has 0 atom stereocenters. The second-order valence-corrected chi connectivity index (χ2v) is 10.1. The second kappa shape index (κ2) is 10.7. The van der Waals surface area contributed by atoms with Gasteiger partial charge in [0.25, 0.3) is 10.0 Å². The average Bonchev–Trinajstić information content (AvgIpc) is 2.97. The van der Waals surface area contributed by atoms with Gasteiger partial charge >= 0.3 is 0 Å². The van der Waals surface area contributed by atoms with Crippen LogP contribution in [0.5, 0.6) is 0 Å². The molecule has 0 radical (unpaired) electrons. The lowest BCUT2D eigenvalue weighted by Crippen LogP contribution is -2.26. The van der Waals surface area contributed by atoms with E-state index in [0.29, 0.717) is 23.5 Å². The SMILES string of the molecule is Cc1ccc(C)c(C(=O)CCC(=O)Nc2cccc(S(=O)(=O)N=C3CCCCCN3C)c2)c1. The number of hydrogen-bond donors (Lipinski definition) is 1. The molecule has 1 aliphatic heterocycles. The molecule has 1 saturated heterocycles. The molecule has 0 bridgehead atoms. The van der Waals surface area contributed by atoms with Gasteiger partial charge in [-0.05, 0) is 56.5 Å². The molecule has 0 spiro atoms. The zero-order chi connectivity index (χ0) is 24.0. The summed E-state index contributed by atoms with van der Waals surface area (Å²) in [5.41, 5.74) is 2.85. The van der Waals surface area contributed by atoms with Crippen molar-refractivity contribution in [1.82, 2.24) is 4.90 Å². The molecular weight excluding hydrogens is 438 g/mol. The highest BCUT2D eigenvalue weighted by Gasteiger charge is 2.19. The van der Waals surface area contributed by atoms with E-state index in [0.717, 1.165) is 36.9 Å². The molecule has 2 aromatic carbocycles. The van der Waals surface area contributed by atoms with Crippen LogP contribution in [0, 0.1) is 13.8 Å². The Morgan fingerprint density at radius 3 is 2.61 bits per heavy atom. The van der Waals surface area contributed by atoms with Crippen molar-refractivity contribution >= 4 is 33.2 Å². The number of carbonyl (C=O) groups is 2. The molecule has 1 heterocycles. The third-order valence-electron chi connectivity index (χ3n) is 5.75. The number of amides is 1. The number of hydrogen-bond acceptors (Lipinski definition) is 4. The van der Waals surface area contributed by atoms with Crippen molar-refractivity contribution in [2.24, 2.45) is 4.40 Å². The Bertz CT molecular complexity index is 1170. The minimum Gasteiger partial charge on any atom is -0.362 e. The summed E-state index contributed by atoms with van der Waals surface area (Å²) in [4.78, 5) is 26.9.